The van der Waals surface area contributed by atoms with Gasteiger partial charge >= 0.3 is 6.18 Å². The van der Waals surface area contributed by atoms with Crippen LogP contribution in [0, 0.1) is 12.3 Å². The van der Waals surface area contributed by atoms with Crippen molar-refractivity contribution in [2.24, 2.45) is 5.41 Å². The van der Waals surface area contributed by atoms with Crippen LogP contribution in [0.2, 0.25) is 0 Å². The number of hydrogen-bond acceptors (Lipinski definition) is 3. The molecular weight excluding hydrogens is 400 g/mol. The molecule has 0 aliphatic heterocycles. The Morgan fingerprint density at radius 2 is 1.87 bits per heavy atom. The molecule has 1 aromatic carbocycles. The van der Waals surface area contributed by atoms with Gasteiger partial charge in [0.1, 0.15) is 17.9 Å². The van der Waals surface area contributed by atoms with Crippen LogP contribution in [-0.4, -0.2) is 30.3 Å². The highest BCUT2D eigenvalue weighted by atomic mass is 19.4. The van der Waals surface area contributed by atoms with Crippen LogP contribution < -0.4 is 0 Å². The lowest BCUT2D eigenvalue weighted by Crippen LogP contribution is -2.50. The number of hydrogen-bond donors (Lipinski definition) is 1. The van der Waals surface area contributed by atoms with E-state index in [4.69, 9.17) is 4.74 Å². The lowest BCUT2D eigenvalue weighted by Gasteiger charge is -2.39. The number of ether oxygens (including phenoxy) is 1. The average Bonchev–Trinajstić information content (AvgIpc) is 2.83. The third kappa shape index (κ3) is 5.19. The molecule has 0 bridgehead atoms. The van der Waals surface area contributed by atoms with E-state index in [-0.39, 0.29) is 12.2 Å². The summed E-state index contributed by atoms with van der Waals surface area (Å²) < 4.78 is 61.1. The Morgan fingerprint density at radius 1 is 1.20 bits per heavy atom. The minimum Gasteiger partial charge on any atom is -0.496 e. The molecule has 164 valence electrons. The molecule has 30 heavy (non-hydrogen) atoms. The third-order valence-corrected chi connectivity index (χ3v) is 5.38. The minimum atomic E-state index is -4.91. The first-order chi connectivity index (χ1) is 13.8. The molecule has 0 heterocycles. The van der Waals surface area contributed by atoms with Crippen molar-refractivity contribution in [3.8, 4) is 0 Å². The minimum absolute atomic E-state index is 0.0706. The van der Waals surface area contributed by atoms with Crippen LogP contribution in [0.15, 0.2) is 53.6 Å². The fourth-order valence-electron chi connectivity index (χ4n) is 3.81. The number of aryl methyl sites for hydroxylation is 1. The zero-order valence-electron chi connectivity index (χ0n) is 17.4. The van der Waals surface area contributed by atoms with Gasteiger partial charge in [0.05, 0.1) is 7.11 Å². The number of allylic oxidation sites excluding steroid dienone is 5. The van der Waals surface area contributed by atoms with Gasteiger partial charge in [-0.15, -0.1) is 0 Å². The highest BCUT2D eigenvalue weighted by Crippen LogP contribution is 2.47. The van der Waals surface area contributed by atoms with Crippen molar-refractivity contribution in [2.75, 3.05) is 7.11 Å². The van der Waals surface area contributed by atoms with Crippen molar-refractivity contribution < 1.29 is 32.2 Å². The molecule has 3 nitrogen and oxygen atoms in total. The number of benzene rings is 1. The van der Waals surface area contributed by atoms with E-state index in [1.165, 1.54) is 43.5 Å². The first-order valence-corrected chi connectivity index (χ1v) is 9.48. The number of aliphatic hydroxyl groups is 1. The Morgan fingerprint density at radius 3 is 2.40 bits per heavy atom. The predicted octanol–water partition coefficient (Wildman–Crippen LogP) is 5.77. The Bertz CT molecular complexity index is 894. The van der Waals surface area contributed by atoms with E-state index in [0.29, 0.717) is 28.5 Å². The fraction of sp³-hybridized carbons (Fsp3) is 0.435. The summed E-state index contributed by atoms with van der Waals surface area (Å²) in [4.78, 5) is 10.9. The van der Waals surface area contributed by atoms with Crippen molar-refractivity contribution in [1.29, 1.82) is 0 Å². The quantitative estimate of drug-likeness (QED) is 0.445. The van der Waals surface area contributed by atoms with Crippen molar-refractivity contribution in [3.05, 3.63) is 70.3 Å². The lowest BCUT2D eigenvalue weighted by molar-refractivity contribution is -0.268. The number of carbonyl (C=O) groups excluding carboxylic acids is 1. The maximum absolute atomic E-state index is 14.0. The molecule has 0 aromatic heterocycles. The highest BCUT2D eigenvalue weighted by molar-refractivity contribution is 5.75. The molecule has 0 saturated carbocycles. The maximum atomic E-state index is 14.0. The van der Waals surface area contributed by atoms with Gasteiger partial charge in [0.2, 0.25) is 0 Å². The number of aldehydes is 1. The van der Waals surface area contributed by atoms with E-state index in [1.807, 2.05) is 0 Å². The summed E-state index contributed by atoms with van der Waals surface area (Å²) in [6.45, 7) is 4.72. The van der Waals surface area contributed by atoms with Crippen LogP contribution in [0.25, 0.3) is 0 Å². The van der Waals surface area contributed by atoms with Crippen molar-refractivity contribution in [2.45, 2.75) is 51.8 Å². The van der Waals surface area contributed by atoms with E-state index in [0.717, 1.165) is 0 Å². The predicted molar refractivity (Wildman–Crippen MR) is 107 cm³/mol. The summed E-state index contributed by atoms with van der Waals surface area (Å²) in [5.41, 5.74) is -2.70. The van der Waals surface area contributed by atoms with Crippen molar-refractivity contribution >= 4 is 6.29 Å². The zero-order valence-corrected chi connectivity index (χ0v) is 17.4. The van der Waals surface area contributed by atoms with Gasteiger partial charge in [-0.05, 0) is 53.7 Å². The van der Waals surface area contributed by atoms with Gasteiger partial charge in [0.25, 0.3) is 0 Å². The maximum Gasteiger partial charge on any atom is 0.417 e. The molecule has 0 amide bonds. The molecule has 1 aromatic rings. The van der Waals surface area contributed by atoms with Gasteiger partial charge in [0, 0.05) is 18.4 Å². The normalized spacial score (nSPS) is 17.3. The van der Waals surface area contributed by atoms with Gasteiger partial charge in [-0.3, -0.25) is 4.79 Å². The van der Waals surface area contributed by atoms with E-state index in [9.17, 15) is 27.5 Å². The number of halogens is 4. The Balaban J connectivity index is 2.43. The summed E-state index contributed by atoms with van der Waals surface area (Å²) in [5, 5.41) is 10.8. The van der Waals surface area contributed by atoms with Gasteiger partial charge in [0.15, 0.2) is 5.60 Å². The molecule has 0 radical (unpaired) electrons. The standard InChI is InChI=1S/C23H26F4O3/c1-15-11-16(13-28)5-6-17(15)12-22(29,23(25,26)27)14-21(2,3)19-9-7-18(24)8-10-20(19)30-4/h5-6,8-11,13,29H,7,12,14H2,1-4H3. The fourth-order valence-corrected chi connectivity index (χ4v) is 3.81. The second-order valence-electron chi connectivity index (χ2n) is 8.24. The topological polar surface area (TPSA) is 46.5 Å². The largest absolute Gasteiger partial charge is 0.496 e. The summed E-state index contributed by atoms with van der Waals surface area (Å²) in [6.07, 6.45) is -1.61. The molecule has 0 fully saturated rings. The van der Waals surface area contributed by atoms with E-state index in [2.05, 4.69) is 0 Å². The van der Waals surface area contributed by atoms with Crippen LogP contribution >= 0.6 is 0 Å². The lowest BCUT2D eigenvalue weighted by atomic mass is 9.71. The first kappa shape index (κ1) is 23.9. The molecule has 1 unspecified atom stereocenters. The van der Waals surface area contributed by atoms with Crippen LogP contribution in [0.5, 0.6) is 0 Å². The van der Waals surface area contributed by atoms with E-state index < -0.39 is 35.9 Å². The van der Waals surface area contributed by atoms with Crippen LogP contribution in [-0.2, 0) is 11.2 Å². The monoisotopic (exact) mass is 426 g/mol. The second kappa shape index (κ2) is 8.76. The SMILES string of the molecule is COC1=CC=C(F)CC=C1C(C)(C)CC(O)(Cc1ccc(C=O)cc1C)C(F)(F)F. The Hall–Kier alpha value is -2.41. The molecule has 1 aliphatic carbocycles. The van der Waals surface area contributed by atoms with Gasteiger partial charge in [-0.1, -0.05) is 32.1 Å². The summed E-state index contributed by atoms with van der Waals surface area (Å²) in [7, 11) is 1.36. The molecular formula is C23H26F4O3. The molecule has 7 heteroatoms. The number of carbonyl (C=O) groups is 1. The Kier molecular flexibility index (Phi) is 6.97. The second-order valence-corrected chi connectivity index (χ2v) is 8.24. The van der Waals surface area contributed by atoms with Crippen LogP contribution in [0.3, 0.4) is 0 Å². The molecule has 0 spiro atoms. The molecule has 1 atom stereocenters. The Labute approximate surface area is 173 Å². The van der Waals surface area contributed by atoms with Crippen LogP contribution in [0.1, 0.15) is 48.2 Å². The van der Waals surface area contributed by atoms with Gasteiger partial charge < -0.3 is 9.84 Å². The van der Waals surface area contributed by atoms with Gasteiger partial charge in [-0.25, -0.2) is 4.39 Å². The molecule has 1 aliphatic rings. The number of rotatable bonds is 7. The van der Waals surface area contributed by atoms with Crippen LogP contribution in [0.4, 0.5) is 17.6 Å². The molecule has 0 saturated heterocycles. The van der Waals surface area contributed by atoms with Crippen molar-refractivity contribution in [3.63, 3.8) is 0 Å². The molecule has 2 rings (SSSR count). The third-order valence-electron chi connectivity index (χ3n) is 5.38. The number of alkyl halides is 3. The summed E-state index contributed by atoms with van der Waals surface area (Å²) in [5.74, 6) is -0.184. The molecule has 1 N–H and O–H groups in total. The number of methoxy groups -OCH3 is 1. The van der Waals surface area contributed by atoms with Gasteiger partial charge in [-0.2, -0.15) is 13.2 Å². The summed E-state index contributed by atoms with van der Waals surface area (Å²) >= 11 is 0. The first-order valence-electron chi connectivity index (χ1n) is 9.48. The summed E-state index contributed by atoms with van der Waals surface area (Å²) in [6, 6.07) is 4.33. The highest BCUT2D eigenvalue weighted by Gasteiger charge is 2.56. The average molecular weight is 426 g/mol. The smallest absolute Gasteiger partial charge is 0.417 e. The van der Waals surface area contributed by atoms with E-state index >= 15 is 0 Å². The zero-order chi connectivity index (χ0) is 22.7. The van der Waals surface area contributed by atoms with E-state index in [1.54, 1.807) is 20.8 Å². The van der Waals surface area contributed by atoms with Crippen molar-refractivity contribution in [1.82, 2.24) is 0 Å².